The largest absolute Gasteiger partial charge is 0.469 e. The molecule has 0 radical (unpaired) electrons. The molecule has 10 nitrogen and oxygen atoms in total. The van der Waals surface area contributed by atoms with Crippen molar-refractivity contribution in [3.8, 4) is 0 Å². The van der Waals surface area contributed by atoms with E-state index in [-0.39, 0.29) is 24.8 Å². The molecule has 0 bridgehead atoms. The molecule has 2 fully saturated rings. The van der Waals surface area contributed by atoms with Crippen LogP contribution in [0.2, 0.25) is 0 Å². The van der Waals surface area contributed by atoms with Crippen LogP contribution in [-0.2, 0) is 21.5 Å². The summed E-state index contributed by atoms with van der Waals surface area (Å²) in [6.45, 7) is 3.24. The highest BCUT2D eigenvalue weighted by Crippen LogP contribution is 2.32. The maximum absolute atomic E-state index is 13.2. The fourth-order valence-corrected chi connectivity index (χ4v) is 6.38. The Morgan fingerprint density at radius 1 is 1.14 bits per heavy atom. The Morgan fingerprint density at radius 2 is 1.89 bits per heavy atom. The van der Waals surface area contributed by atoms with Gasteiger partial charge in [0.25, 0.3) is 5.91 Å². The summed E-state index contributed by atoms with van der Waals surface area (Å²) in [5, 5.41) is 7.84. The van der Waals surface area contributed by atoms with Crippen molar-refractivity contribution in [3.05, 3.63) is 71.3 Å². The van der Waals surface area contributed by atoms with Crippen LogP contribution in [0, 0.1) is 6.92 Å². The van der Waals surface area contributed by atoms with Crippen molar-refractivity contribution in [2.24, 2.45) is 0 Å². The van der Waals surface area contributed by atoms with Crippen molar-refractivity contribution in [2.45, 2.75) is 45.1 Å². The van der Waals surface area contributed by atoms with Gasteiger partial charge in [-0.25, -0.2) is 4.31 Å². The zero-order chi connectivity index (χ0) is 25.3. The van der Waals surface area contributed by atoms with Gasteiger partial charge in [-0.2, -0.15) is 22.5 Å². The van der Waals surface area contributed by atoms with Crippen LogP contribution in [-0.4, -0.2) is 58.3 Å². The summed E-state index contributed by atoms with van der Waals surface area (Å²) in [7, 11) is -3.79. The highest BCUT2D eigenvalue weighted by Gasteiger charge is 2.39. The van der Waals surface area contributed by atoms with Crippen molar-refractivity contribution < 1.29 is 22.4 Å². The van der Waals surface area contributed by atoms with E-state index >= 15 is 0 Å². The second-order valence-electron chi connectivity index (χ2n) is 9.23. The molecule has 2 aliphatic rings. The van der Waals surface area contributed by atoms with Gasteiger partial charge in [-0.1, -0.05) is 30.3 Å². The Morgan fingerprint density at radius 3 is 2.56 bits per heavy atom. The van der Waals surface area contributed by atoms with Gasteiger partial charge in [0, 0.05) is 44.6 Å². The third-order valence-corrected chi connectivity index (χ3v) is 8.64. The maximum atomic E-state index is 13.2. The van der Waals surface area contributed by atoms with Crippen molar-refractivity contribution in [2.75, 3.05) is 25.0 Å². The number of amides is 1. The molecule has 1 unspecified atom stereocenters. The van der Waals surface area contributed by atoms with E-state index in [1.54, 1.807) is 19.1 Å². The van der Waals surface area contributed by atoms with Crippen molar-refractivity contribution in [1.29, 1.82) is 0 Å². The summed E-state index contributed by atoms with van der Waals surface area (Å²) in [6, 6.07) is 13.2. The van der Waals surface area contributed by atoms with Gasteiger partial charge in [0.1, 0.15) is 17.8 Å². The van der Waals surface area contributed by atoms with E-state index in [1.165, 1.54) is 15.3 Å². The smallest absolute Gasteiger partial charge is 0.306 e. The normalized spacial score (nSPS) is 19.1. The molecule has 3 aromatic rings. The lowest BCUT2D eigenvalue weighted by molar-refractivity contribution is -0.128. The molecule has 1 N–H and O–H groups in total. The molecule has 5 rings (SSSR count). The maximum Gasteiger partial charge on any atom is 0.306 e. The molecule has 1 atom stereocenters. The van der Waals surface area contributed by atoms with Gasteiger partial charge in [-0.05, 0) is 37.8 Å². The number of hydrogen-bond donors (Lipinski definition) is 1. The first-order valence-corrected chi connectivity index (χ1v) is 13.5. The van der Waals surface area contributed by atoms with Gasteiger partial charge >= 0.3 is 10.2 Å². The summed E-state index contributed by atoms with van der Waals surface area (Å²) in [5.74, 6) is 0.0243. The number of nitrogens with one attached hydrogen (secondary N) is 1. The van der Waals surface area contributed by atoms with Crippen LogP contribution in [0.3, 0.4) is 0 Å². The van der Waals surface area contributed by atoms with Crippen molar-refractivity contribution in [3.63, 3.8) is 0 Å². The van der Waals surface area contributed by atoms with Gasteiger partial charge in [-0.15, -0.1) is 0 Å². The first-order valence-electron chi connectivity index (χ1n) is 12.1. The molecule has 0 saturated carbocycles. The first kappa shape index (κ1) is 24.3. The highest BCUT2D eigenvalue weighted by atomic mass is 32.2. The van der Waals surface area contributed by atoms with Gasteiger partial charge < -0.3 is 9.73 Å². The van der Waals surface area contributed by atoms with E-state index in [2.05, 4.69) is 10.4 Å². The molecule has 2 saturated heterocycles. The third kappa shape index (κ3) is 4.80. The van der Waals surface area contributed by atoms with Crippen LogP contribution in [0.15, 0.2) is 53.1 Å². The van der Waals surface area contributed by atoms with Crippen LogP contribution in [0.4, 0.5) is 5.82 Å². The molecule has 2 aromatic heterocycles. The Hall–Kier alpha value is -3.44. The number of furan rings is 1. The number of anilines is 1. The molecule has 2 aliphatic heterocycles. The number of carbonyl (C=O) groups excluding carboxylic acids is 2. The molecule has 11 heteroatoms. The van der Waals surface area contributed by atoms with Crippen LogP contribution >= 0.6 is 0 Å². The zero-order valence-corrected chi connectivity index (χ0v) is 20.9. The fraction of sp³-hybridized carbons (Fsp3) is 0.400. The summed E-state index contributed by atoms with van der Waals surface area (Å²) in [4.78, 5) is 26.2. The van der Waals surface area contributed by atoms with E-state index < -0.39 is 16.1 Å². The van der Waals surface area contributed by atoms with Gasteiger partial charge in [0.05, 0.1) is 11.3 Å². The minimum absolute atomic E-state index is 0.0151. The monoisotopic (exact) mass is 511 g/mol. The average molecular weight is 512 g/mol. The predicted molar refractivity (Wildman–Crippen MR) is 133 cm³/mol. The molecular weight excluding hydrogens is 482 g/mol. The predicted octanol–water partition coefficient (Wildman–Crippen LogP) is 3.13. The summed E-state index contributed by atoms with van der Waals surface area (Å²) < 4.78 is 34.8. The average Bonchev–Trinajstić information content (AvgIpc) is 3.64. The molecule has 1 amide bonds. The Bertz CT molecular complexity index is 1360. The van der Waals surface area contributed by atoms with Crippen LogP contribution in [0.5, 0.6) is 0 Å². The van der Waals surface area contributed by atoms with Crippen LogP contribution < -0.4 is 5.32 Å². The second-order valence-corrected chi connectivity index (χ2v) is 11.1. The number of carbonyl (C=O) groups is 2. The number of piperidine rings is 1. The third-order valence-electron chi connectivity index (χ3n) is 6.68. The quantitative estimate of drug-likeness (QED) is 0.518. The number of aryl methyl sites for hydroxylation is 1. The fourth-order valence-electron chi connectivity index (χ4n) is 4.71. The molecule has 36 heavy (non-hydrogen) atoms. The molecule has 0 spiro atoms. The van der Waals surface area contributed by atoms with E-state index in [0.29, 0.717) is 48.9 Å². The van der Waals surface area contributed by atoms with Gasteiger partial charge in [0.15, 0.2) is 0 Å². The Balaban J connectivity index is 1.37. The Labute approximate surface area is 210 Å². The van der Waals surface area contributed by atoms with Crippen LogP contribution in [0.1, 0.15) is 59.0 Å². The number of aromatic nitrogens is 2. The topological polar surface area (TPSA) is 118 Å². The number of benzene rings is 1. The number of rotatable bonds is 7. The minimum Gasteiger partial charge on any atom is -0.469 e. The molecule has 0 aliphatic carbocycles. The van der Waals surface area contributed by atoms with E-state index in [1.807, 2.05) is 30.3 Å². The zero-order valence-electron chi connectivity index (χ0n) is 20.1. The highest BCUT2D eigenvalue weighted by molar-refractivity contribution is 7.87. The minimum atomic E-state index is -3.79. The van der Waals surface area contributed by atoms with E-state index in [9.17, 15) is 18.0 Å². The lowest BCUT2D eigenvalue weighted by Crippen LogP contribution is -2.48. The Kier molecular flexibility index (Phi) is 6.67. The summed E-state index contributed by atoms with van der Waals surface area (Å²) in [5.41, 5.74) is 1.98. The summed E-state index contributed by atoms with van der Waals surface area (Å²) in [6.07, 6.45) is 3.47. The lowest BCUT2D eigenvalue weighted by atomic mass is 9.94. The second kappa shape index (κ2) is 9.90. The first-order chi connectivity index (χ1) is 17.3. The lowest BCUT2D eigenvalue weighted by Gasteiger charge is -2.32. The van der Waals surface area contributed by atoms with Crippen LogP contribution in [0.25, 0.3) is 0 Å². The van der Waals surface area contributed by atoms with E-state index in [0.717, 1.165) is 22.7 Å². The number of hydrogen-bond acceptors (Lipinski definition) is 7. The van der Waals surface area contributed by atoms with E-state index in [4.69, 9.17) is 4.42 Å². The van der Waals surface area contributed by atoms with Crippen molar-refractivity contribution >= 4 is 27.8 Å². The molecule has 1 aromatic carbocycles. The standard InChI is InChI=1S/C25H29N5O5S/c1-18-13-21(17-35-18)25(32)30-23(26-16-19-7-3-2-4-8-19)15-22(27-30)20-9-12-29(24(31)14-20)36(33,34)28-10-5-6-11-28/h2-4,7-8,13,15,17,20,26H,5-6,9-12,14,16H2,1H3. The molecule has 4 heterocycles. The molecule has 190 valence electrons. The summed E-state index contributed by atoms with van der Waals surface area (Å²) >= 11 is 0. The van der Waals surface area contributed by atoms with Gasteiger partial charge in [0.2, 0.25) is 5.91 Å². The number of nitrogens with zero attached hydrogens (tertiary/aromatic N) is 4. The SMILES string of the molecule is Cc1cc(C(=O)n2nc(C3CCN(S(=O)(=O)N4CCCC4)C(=O)C3)cc2NCc2ccccc2)co1. The van der Waals surface area contributed by atoms with Gasteiger partial charge in [-0.3, -0.25) is 9.59 Å². The van der Waals surface area contributed by atoms with Crippen molar-refractivity contribution in [1.82, 2.24) is 18.4 Å². The molecular formula is C25H29N5O5S.